The highest BCUT2D eigenvalue weighted by Gasteiger charge is 2.25. The minimum atomic E-state index is -0.602. The normalized spacial score (nSPS) is 10.3. The molecule has 0 saturated carbocycles. The Labute approximate surface area is 188 Å². The van der Waals surface area contributed by atoms with Crippen molar-refractivity contribution in [2.24, 2.45) is 0 Å². The van der Waals surface area contributed by atoms with Crippen LogP contribution in [0.5, 0.6) is 23.0 Å². The molecule has 11 nitrogen and oxygen atoms in total. The fourth-order valence-corrected chi connectivity index (χ4v) is 3.10. The highest BCUT2D eigenvalue weighted by atomic mass is 35.5. The van der Waals surface area contributed by atoms with E-state index in [1.54, 1.807) is 24.3 Å². The average Bonchev–Trinajstić information content (AvgIpc) is 2.79. The number of aromatic nitrogens is 2. The zero-order valence-electron chi connectivity index (χ0n) is 17.6. The molecule has 0 aliphatic carbocycles. The Balaban J connectivity index is 2.05. The fourth-order valence-electron chi connectivity index (χ4n) is 2.86. The Hall–Kier alpha value is -3.99. The van der Waals surface area contributed by atoms with Gasteiger partial charge < -0.3 is 29.6 Å². The van der Waals surface area contributed by atoms with Gasteiger partial charge in [-0.3, -0.25) is 10.1 Å². The first-order valence-corrected chi connectivity index (χ1v) is 9.46. The standard InChI is InChI=1S/C20H20ClN5O6/c1-29-11-5-6-15(30-2)13(7-11)24-19-18(26(27)28)20(23-10-22-19)25-14-8-12(21)16(31-3)9-17(14)32-4/h5-10H,1-4H3,(H2,22,23,24,25). The molecule has 1 heterocycles. The van der Waals surface area contributed by atoms with Crippen molar-refractivity contribution in [3.8, 4) is 23.0 Å². The maximum absolute atomic E-state index is 11.9. The molecule has 0 atom stereocenters. The van der Waals surface area contributed by atoms with Crippen LogP contribution in [0.25, 0.3) is 0 Å². The lowest BCUT2D eigenvalue weighted by atomic mass is 10.2. The third-order valence-electron chi connectivity index (χ3n) is 4.39. The predicted octanol–water partition coefficient (Wildman–Crippen LogP) is 4.56. The summed E-state index contributed by atoms with van der Waals surface area (Å²) in [6.07, 6.45) is 1.18. The van der Waals surface area contributed by atoms with Crippen LogP contribution in [0.1, 0.15) is 0 Å². The molecule has 0 aliphatic heterocycles. The zero-order valence-corrected chi connectivity index (χ0v) is 18.4. The Morgan fingerprint density at radius 1 is 0.844 bits per heavy atom. The smallest absolute Gasteiger partial charge is 0.353 e. The molecule has 0 aliphatic rings. The van der Waals surface area contributed by atoms with Gasteiger partial charge in [0.25, 0.3) is 0 Å². The summed E-state index contributed by atoms with van der Waals surface area (Å²) in [5, 5.41) is 18.0. The van der Waals surface area contributed by atoms with Crippen molar-refractivity contribution >= 4 is 40.3 Å². The van der Waals surface area contributed by atoms with Crippen LogP contribution in [-0.2, 0) is 0 Å². The summed E-state index contributed by atoms with van der Waals surface area (Å²) in [5.41, 5.74) is 0.376. The quantitative estimate of drug-likeness (QED) is 0.345. The number of nitrogens with zero attached hydrogens (tertiary/aromatic N) is 3. The van der Waals surface area contributed by atoms with E-state index in [0.717, 1.165) is 0 Å². The van der Waals surface area contributed by atoms with Crippen LogP contribution in [-0.4, -0.2) is 43.3 Å². The summed E-state index contributed by atoms with van der Waals surface area (Å²) in [6.45, 7) is 0. The molecule has 0 saturated heterocycles. The van der Waals surface area contributed by atoms with Crippen LogP contribution < -0.4 is 29.6 Å². The van der Waals surface area contributed by atoms with Gasteiger partial charge in [-0.2, -0.15) is 0 Å². The van der Waals surface area contributed by atoms with Crippen molar-refractivity contribution in [1.82, 2.24) is 9.97 Å². The lowest BCUT2D eigenvalue weighted by Crippen LogP contribution is -2.07. The van der Waals surface area contributed by atoms with E-state index in [0.29, 0.717) is 34.4 Å². The van der Waals surface area contributed by atoms with E-state index in [-0.39, 0.29) is 16.7 Å². The summed E-state index contributed by atoms with van der Waals surface area (Å²) in [5.74, 6) is 1.58. The summed E-state index contributed by atoms with van der Waals surface area (Å²) in [4.78, 5) is 19.4. The lowest BCUT2D eigenvalue weighted by Gasteiger charge is -2.15. The number of ether oxygens (including phenoxy) is 4. The van der Waals surface area contributed by atoms with Gasteiger partial charge in [0.05, 0.1) is 49.8 Å². The molecule has 2 aromatic carbocycles. The number of methoxy groups -OCH3 is 4. The van der Waals surface area contributed by atoms with Gasteiger partial charge in [0.2, 0.25) is 11.6 Å². The minimum Gasteiger partial charge on any atom is -0.497 e. The van der Waals surface area contributed by atoms with E-state index >= 15 is 0 Å². The Bertz CT molecular complexity index is 1140. The molecule has 0 unspecified atom stereocenters. The van der Waals surface area contributed by atoms with E-state index in [9.17, 15) is 10.1 Å². The highest BCUT2D eigenvalue weighted by Crippen LogP contribution is 2.40. The van der Waals surface area contributed by atoms with E-state index in [1.807, 2.05) is 0 Å². The van der Waals surface area contributed by atoms with Gasteiger partial charge in [-0.1, -0.05) is 11.6 Å². The first-order chi connectivity index (χ1) is 15.4. The number of hydrogen-bond donors (Lipinski definition) is 2. The van der Waals surface area contributed by atoms with Gasteiger partial charge in [-0.25, -0.2) is 9.97 Å². The molecular weight excluding hydrogens is 442 g/mol. The van der Waals surface area contributed by atoms with Crippen LogP contribution in [0, 0.1) is 10.1 Å². The monoisotopic (exact) mass is 461 g/mol. The molecule has 168 valence electrons. The van der Waals surface area contributed by atoms with Gasteiger partial charge in [-0.05, 0) is 18.2 Å². The van der Waals surface area contributed by atoms with Crippen molar-refractivity contribution < 1.29 is 23.9 Å². The molecule has 12 heteroatoms. The van der Waals surface area contributed by atoms with E-state index in [4.69, 9.17) is 30.5 Å². The SMILES string of the molecule is COc1ccc(OC)c(Nc2ncnc(Nc3cc(Cl)c(OC)cc3OC)c2[N+](=O)[O-])c1. The third kappa shape index (κ3) is 4.67. The van der Waals surface area contributed by atoms with Gasteiger partial charge in [0, 0.05) is 12.1 Å². The second-order valence-electron chi connectivity index (χ2n) is 6.18. The van der Waals surface area contributed by atoms with Crippen LogP contribution in [0.4, 0.5) is 28.7 Å². The van der Waals surface area contributed by atoms with Gasteiger partial charge in [0.1, 0.15) is 29.3 Å². The Kier molecular flexibility index (Phi) is 7.00. The summed E-state index contributed by atoms with van der Waals surface area (Å²) in [7, 11) is 5.90. The van der Waals surface area contributed by atoms with Gasteiger partial charge in [-0.15, -0.1) is 0 Å². The van der Waals surface area contributed by atoms with Crippen LogP contribution >= 0.6 is 11.6 Å². The summed E-state index contributed by atoms with van der Waals surface area (Å²) < 4.78 is 21.0. The van der Waals surface area contributed by atoms with E-state index in [2.05, 4.69) is 20.6 Å². The maximum Gasteiger partial charge on any atom is 0.353 e. The topological polar surface area (TPSA) is 130 Å². The summed E-state index contributed by atoms with van der Waals surface area (Å²) >= 11 is 6.20. The van der Waals surface area contributed by atoms with Crippen LogP contribution in [0.15, 0.2) is 36.7 Å². The van der Waals surface area contributed by atoms with Crippen molar-refractivity contribution in [3.05, 3.63) is 51.8 Å². The van der Waals surface area contributed by atoms with Crippen LogP contribution in [0.2, 0.25) is 5.02 Å². The number of nitro groups is 1. The molecule has 0 amide bonds. The fraction of sp³-hybridized carbons (Fsp3) is 0.200. The molecule has 0 bridgehead atoms. The average molecular weight is 462 g/mol. The van der Waals surface area contributed by atoms with Crippen molar-refractivity contribution in [2.45, 2.75) is 0 Å². The molecule has 3 aromatic rings. The minimum absolute atomic E-state index is 0.0578. The van der Waals surface area contributed by atoms with E-state index in [1.165, 1.54) is 40.8 Å². The number of benzene rings is 2. The zero-order chi connectivity index (χ0) is 23.3. The van der Waals surface area contributed by atoms with Crippen molar-refractivity contribution in [1.29, 1.82) is 0 Å². The number of halogens is 1. The van der Waals surface area contributed by atoms with Crippen molar-refractivity contribution in [2.75, 3.05) is 39.1 Å². The second-order valence-corrected chi connectivity index (χ2v) is 6.59. The van der Waals surface area contributed by atoms with Gasteiger partial charge in [0.15, 0.2) is 0 Å². The van der Waals surface area contributed by atoms with Gasteiger partial charge >= 0.3 is 5.69 Å². The molecule has 3 rings (SSSR count). The largest absolute Gasteiger partial charge is 0.497 e. The molecule has 0 spiro atoms. The maximum atomic E-state index is 11.9. The number of hydrogen-bond acceptors (Lipinski definition) is 10. The lowest BCUT2D eigenvalue weighted by molar-refractivity contribution is -0.383. The first kappa shape index (κ1) is 22.7. The molecular formula is C20H20ClN5O6. The third-order valence-corrected chi connectivity index (χ3v) is 4.69. The predicted molar refractivity (Wildman–Crippen MR) is 119 cm³/mol. The Morgan fingerprint density at radius 2 is 1.44 bits per heavy atom. The van der Waals surface area contributed by atoms with Crippen LogP contribution in [0.3, 0.4) is 0 Å². The molecule has 32 heavy (non-hydrogen) atoms. The molecule has 0 fully saturated rings. The van der Waals surface area contributed by atoms with E-state index < -0.39 is 10.6 Å². The number of rotatable bonds is 9. The first-order valence-electron chi connectivity index (χ1n) is 9.08. The second kappa shape index (κ2) is 9.88. The molecule has 0 radical (unpaired) electrons. The number of nitrogens with one attached hydrogen (secondary N) is 2. The molecule has 1 aromatic heterocycles. The summed E-state index contributed by atoms with van der Waals surface area (Å²) in [6, 6.07) is 8.06. The van der Waals surface area contributed by atoms with Crippen molar-refractivity contribution in [3.63, 3.8) is 0 Å². The number of anilines is 4. The highest BCUT2D eigenvalue weighted by molar-refractivity contribution is 6.32. The Morgan fingerprint density at radius 3 is 1.97 bits per heavy atom. The molecule has 2 N–H and O–H groups in total.